The van der Waals surface area contributed by atoms with Crippen molar-refractivity contribution >= 4 is 39.7 Å². The summed E-state index contributed by atoms with van der Waals surface area (Å²) in [5, 5.41) is 4.93. The van der Waals surface area contributed by atoms with Crippen LogP contribution in [-0.4, -0.2) is 72.4 Å². The zero-order valence-corrected chi connectivity index (χ0v) is 24.8. The number of rotatable bonds is 4. The zero-order chi connectivity index (χ0) is 30.0. The van der Waals surface area contributed by atoms with Crippen LogP contribution < -0.4 is 10.9 Å². The third kappa shape index (κ3) is 6.64. The van der Waals surface area contributed by atoms with Crippen molar-refractivity contribution in [2.24, 2.45) is 5.14 Å². The minimum absolute atomic E-state index is 0.165. The van der Waals surface area contributed by atoms with Crippen molar-refractivity contribution in [2.75, 3.05) is 39.0 Å². The van der Waals surface area contributed by atoms with Gasteiger partial charge in [0, 0.05) is 72.4 Å². The molecule has 2 fully saturated rings. The second-order valence-corrected chi connectivity index (χ2v) is 11.7. The molecular weight excluding hydrogens is 584 g/mol. The number of aromatic nitrogens is 3. The molecule has 2 aliphatic rings. The van der Waals surface area contributed by atoms with Crippen LogP contribution >= 0.6 is 11.6 Å². The summed E-state index contributed by atoms with van der Waals surface area (Å²) in [5.74, 6) is -0.530. The molecule has 0 amide bonds. The molecule has 1 saturated carbocycles. The van der Waals surface area contributed by atoms with Crippen LogP contribution in [0, 0.1) is 11.6 Å². The summed E-state index contributed by atoms with van der Waals surface area (Å²) in [4.78, 5) is 13.9. The van der Waals surface area contributed by atoms with Gasteiger partial charge in [-0.2, -0.15) is 0 Å². The molecule has 0 spiro atoms. The first kappa shape index (κ1) is 30.5. The van der Waals surface area contributed by atoms with Crippen LogP contribution in [0.25, 0.3) is 33.3 Å². The van der Waals surface area contributed by atoms with Crippen molar-refractivity contribution in [1.29, 1.82) is 0 Å². The highest BCUT2D eigenvalue weighted by Gasteiger charge is 2.30. The van der Waals surface area contributed by atoms with E-state index in [2.05, 4.69) is 42.7 Å². The molecule has 42 heavy (non-hydrogen) atoms. The summed E-state index contributed by atoms with van der Waals surface area (Å²) >= 11 is 3.84. The molecule has 6 rings (SSSR count). The van der Waals surface area contributed by atoms with E-state index in [0.717, 1.165) is 68.5 Å². The van der Waals surface area contributed by atoms with Gasteiger partial charge in [0.25, 0.3) is 0 Å². The molecule has 1 aliphatic carbocycles. The SMILES string of the molecule is CN1CCN(C2CCC(n3cc(-c4ccc(-c5ccc(F)cc5Cl)c(F)c4)c4c(N)ncnc43)CC2)CC1.NS(=O)[O-]. The van der Waals surface area contributed by atoms with Crippen molar-refractivity contribution in [3.8, 4) is 22.3 Å². The number of likely N-dealkylation sites (N-methyl/N-ethyl adjacent to an activating group) is 1. The number of hydrogen-bond donors (Lipinski definition) is 2. The van der Waals surface area contributed by atoms with Gasteiger partial charge >= 0.3 is 0 Å². The van der Waals surface area contributed by atoms with Gasteiger partial charge in [0.15, 0.2) is 0 Å². The molecule has 2 aromatic carbocycles. The quantitative estimate of drug-likeness (QED) is 0.317. The van der Waals surface area contributed by atoms with E-state index in [4.69, 9.17) is 26.1 Å². The highest BCUT2D eigenvalue weighted by Crippen LogP contribution is 2.40. The van der Waals surface area contributed by atoms with Crippen LogP contribution in [0.5, 0.6) is 0 Å². The lowest BCUT2D eigenvalue weighted by Gasteiger charge is -2.41. The summed E-state index contributed by atoms with van der Waals surface area (Å²) in [5.41, 5.74) is 9.36. The molecule has 4 N–H and O–H groups in total. The molecule has 1 unspecified atom stereocenters. The van der Waals surface area contributed by atoms with Gasteiger partial charge in [-0.3, -0.25) is 14.2 Å². The normalized spacial score (nSPS) is 20.7. The lowest BCUT2D eigenvalue weighted by Crippen LogP contribution is -2.49. The predicted molar refractivity (Wildman–Crippen MR) is 161 cm³/mol. The molecule has 0 bridgehead atoms. The second-order valence-electron chi connectivity index (χ2n) is 10.8. The van der Waals surface area contributed by atoms with E-state index in [-0.39, 0.29) is 5.02 Å². The molecular formula is C29H33ClF2N7O2S-. The summed E-state index contributed by atoms with van der Waals surface area (Å²) in [6.45, 7) is 4.53. The molecule has 1 saturated heterocycles. The Hall–Kier alpha value is -3.00. The predicted octanol–water partition coefficient (Wildman–Crippen LogP) is 4.75. The third-order valence-corrected chi connectivity index (χ3v) is 8.57. The highest BCUT2D eigenvalue weighted by atomic mass is 35.5. The lowest BCUT2D eigenvalue weighted by atomic mass is 9.89. The van der Waals surface area contributed by atoms with E-state index in [9.17, 15) is 4.39 Å². The Bertz CT molecular complexity index is 1580. The summed E-state index contributed by atoms with van der Waals surface area (Å²) in [6.07, 6.45) is 7.95. The van der Waals surface area contributed by atoms with Crippen LogP contribution in [0.4, 0.5) is 14.6 Å². The number of fused-ring (bicyclic) bond motifs is 1. The Morgan fingerprint density at radius 1 is 0.952 bits per heavy atom. The molecule has 1 atom stereocenters. The largest absolute Gasteiger partial charge is 0.760 e. The number of anilines is 1. The van der Waals surface area contributed by atoms with Crippen LogP contribution in [0.1, 0.15) is 31.7 Å². The number of piperazine rings is 1. The van der Waals surface area contributed by atoms with E-state index >= 15 is 4.39 Å². The first-order chi connectivity index (χ1) is 20.1. The summed E-state index contributed by atoms with van der Waals surface area (Å²) in [7, 11) is 2.19. The van der Waals surface area contributed by atoms with Gasteiger partial charge < -0.3 is 19.8 Å². The minimum atomic E-state index is -2.36. The molecule has 1 aliphatic heterocycles. The average molecular weight is 617 g/mol. The van der Waals surface area contributed by atoms with E-state index < -0.39 is 22.9 Å². The van der Waals surface area contributed by atoms with Crippen molar-refractivity contribution in [3.63, 3.8) is 0 Å². The fourth-order valence-corrected chi connectivity index (χ4v) is 6.37. The summed E-state index contributed by atoms with van der Waals surface area (Å²) < 4.78 is 48.7. The van der Waals surface area contributed by atoms with Gasteiger partial charge in [-0.05, 0) is 62.6 Å². The number of nitrogen functional groups attached to an aromatic ring is 1. The zero-order valence-electron chi connectivity index (χ0n) is 23.2. The minimum Gasteiger partial charge on any atom is -0.760 e. The van der Waals surface area contributed by atoms with Gasteiger partial charge in [0.2, 0.25) is 0 Å². The molecule has 9 nitrogen and oxygen atoms in total. The molecule has 224 valence electrons. The van der Waals surface area contributed by atoms with Gasteiger partial charge in [0.1, 0.15) is 29.4 Å². The maximum absolute atomic E-state index is 15.4. The van der Waals surface area contributed by atoms with Crippen molar-refractivity contribution < 1.29 is 17.5 Å². The maximum atomic E-state index is 15.4. The van der Waals surface area contributed by atoms with Gasteiger partial charge in [-0.15, -0.1) is 0 Å². The number of halogens is 3. The first-order valence-corrected chi connectivity index (χ1v) is 15.3. The smallest absolute Gasteiger partial charge is 0.146 e. The van der Waals surface area contributed by atoms with Crippen LogP contribution in [-0.2, 0) is 11.3 Å². The van der Waals surface area contributed by atoms with Crippen LogP contribution in [0.15, 0.2) is 48.9 Å². The first-order valence-electron chi connectivity index (χ1n) is 13.7. The van der Waals surface area contributed by atoms with Gasteiger partial charge in [-0.1, -0.05) is 23.7 Å². The van der Waals surface area contributed by atoms with E-state index in [0.29, 0.717) is 34.6 Å². The maximum Gasteiger partial charge on any atom is 0.146 e. The number of nitrogens with zero attached hydrogens (tertiary/aromatic N) is 5. The van der Waals surface area contributed by atoms with E-state index in [1.807, 2.05) is 6.07 Å². The number of nitrogens with two attached hydrogens (primary N) is 2. The van der Waals surface area contributed by atoms with Crippen molar-refractivity contribution in [1.82, 2.24) is 24.3 Å². The molecule has 2 aromatic heterocycles. The third-order valence-electron chi connectivity index (χ3n) is 8.25. The monoisotopic (exact) mass is 616 g/mol. The average Bonchev–Trinajstić information content (AvgIpc) is 3.35. The Morgan fingerprint density at radius 2 is 1.60 bits per heavy atom. The Kier molecular flexibility index (Phi) is 9.50. The molecule has 13 heteroatoms. The highest BCUT2D eigenvalue weighted by molar-refractivity contribution is 7.76. The standard InChI is InChI=1S/C29H31ClF2N6.H3NO2S/c1-36-10-12-37(13-11-36)20-4-6-21(7-5-20)38-16-24(27-28(33)34-17-35-29(27)38)18-2-8-23(26(32)14-18)22-9-3-19(31)15-25(22)30;1-4(2)3/h2-3,8-9,14-17,20-21H,4-7,10-13H2,1H3,(H2,33,34,35);1H2,(H,2,3)/p-1. The molecule has 4 aromatic rings. The van der Waals surface area contributed by atoms with E-state index in [1.165, 1.54) is 30.6 Å². The van der Waals surface area contributed by atoms with Crippen molar-refractivity contribution in [3.05, 3.63) is 65.6 Å². The second kappa shape index (κ2) is 13.1. The topological polar surface area (TPSA) is 129 Å². The molecule has 0 radical (unpaired) electrons. The number of benzene rings is 2. The van der Waals surface area contributed by atoms with E-state index in [1.54, 1.807) is 6.07 Å². The Labute approximate surface area is 250 Å². The van der Waals surface area contributed by atoms with Crippen LogP contribution in [0.2, 0.25) is 5.02 Å². The Morgan fingerprint density at radius 3 is 2.24 bits per heavy atom. The van der Waals surface area contributed by atoms with Gasteiger partial charge in [-0.25, -0.2) is 18.7 Å². The Balaban J connectivity index is 0.000000830. The fraction of sp³-hybridized carbons (Fsp3) is 0.379. The summed E-state index contributed by atoms with van der Waals surface area (Å²) in [6, 6.07) is 9.87. The van der Waals surface area contributed by atoms with Gasteiger partial charge in [0.05, 0.1) is 10.4 Å². The van der Waals surface area contributed by atoms with Crippen molar-refractivity contribution in [2.45, 2.75) is 37.8 Å². The van der Waals surface area contributed by atoms with Crippen LogP contribution in [0.3, 0.4) is 0 Å². The lowest BCUT2D eigenvalue weighted by molar-refractivity contribution is 0.0828. The molecule has 3 heterocycles. The fourth-order valence-electron chi connectivity index (χ4n) is 6.10. The number of hydrogen-bond acceptors (Lipinski definition) is 7.